The van der Waals surface area contributed by atoms with Crippen LogP contribution in [0.15, 0.2) is 30.3 Å². The summed E-state index contributed by atoms with van der Waals surface area (Å²) in [4.78, 5) is 0. The molecule has 0 aromatic heterocycles. The van der Waals surface area contributed by atoms with Crippen LogP contribution in [0, 0.1) is 6.92 Å². The van der Waals surface area contributed by atoms with Crippen LogP contribution in [0.1, 0.15) is 5.56 Å². The molecule has 0 heterocycles. The molecule has 0 N–H and O–H groups in total. The molecule has 1 heteroatoms. The average Bonchev–Trinajstić information content (AvgIpc) is 1.69. The lowest BCUT2D eigenvalue weighted by molar-refractivity contribution is 1.48. The predicted octanol–water partition coefficient (Wildman–Crippen LogP) is 2.61. The van der Waals surface area contributed by atoms with Crippen molar-refractivity contribution in [3.8, 4) is 0 Å². The maximum absolute atomic E-state index is 2.08. The van der Waals surface area contributed by atoms with Crippen molar-refractivity contribution in [1.29, 1.82) is 0 Å². The Kier molecular flexibility index (Phi) is 3.87. The predicted molar refractivity (Wildman–Crippen MR) is 46.6 cm³/mol. The summed E-state index contributed by atoms with van der Waals surface area (Å²) in [7, 11) is 0. The zero-order valence-corrected chi connectivity index (χ0v) is 7.13. The number of aryl methyl sites for hydroxylation is 1. The summed E-state index contributed by atoms with van der Waals surface area (Å²) < 4.78 is 0. The highest BCUT2D eigenvalue weighted by molar-refractivity contribution is 14.0. The molecule has 0 aliphatic rings. The molecule has 44 valence electrons. The van der Waals surface area contributed by atoms with Gasteiger partial charge in [-0.1, -0.05) is 35.9 Å². The molecule has 8 heavy (non-hydrogen) atoms. The van der Waals surface area contributed by atoms with Crippen LogP contribution in [0.25, 0.3) is 0 Å². The lowest BCUT2D eigenvalue weighted by atomic mass is 10.2. The third-order valence-electron chi connectivity index (χ3n) is 0.940. The van der Waals surface area contributed by atoms with E-state index in [9.17, 15) is 0 Å². The van der Waals surface area contributed by atoms with Crippen molar-refractivity contribution < 1.29 is 0 Å². The van der Waals surface area contributed by atoms with Crippen LogP contribution >= 0.6 is 24.0 Å². The first kappa shape index (κ1) is 7.95. The molecular weight excluding hydrogens is 211 g/mol. The summed E-state index contributed by atoms with van der Waals surface area (Å²) in [5, 5.41) is 0. The summed E-state index contributed by atoms with van der Waals surface area (Å²) in [6.07, 6.45) is 0. The number of hydrogen-bond acceptors (Lipinski definition) is 0. The van der Waals surface area contributed by atoms with Crippen LogP contribution in [-0.2, 0) is 0 Å². The zero-order valence-electron chi connectivity index (χ0n) is 4.79. The van der Waals surface area contributed by atoms with E-state index in [2.05, 4.69) is 19.1 Å². The Balaban J connectivity index is 0.000000490. The molecule has 0 aliphatic carbocycles. The average molecular weight is 220 g/mol. The second kappa shape index (κ2) is 3.89. The highest BCUT2D eigenvalue weighted by Gasteiger charge is 1.72. The Hall–Kier alpha value is -0.0500. The van der Waals surface area contributed by atoms with Gasteiger partial charge in [-0.2, -0.15) is 0 Å². The van der Waals surface area contributed by atoms with Gasteiger partial charge in [-0.3, -0.25) is 0 Å². The van der Waals surface area contributed by atoms with Gasteiger partial charge in [0.05, 0.1) is 0 Å². The van der Waals surface area contributed by atoms with E-state index in [1.165, 1.54) is 5.56 Å². The highest BCUT2D eigenvalue weighted by Crippen LogP contribution is 1.92. The number of halogens is 1. The molecule has 0 saturated heterocycles. The van der Waals surface area contributed by atoms with Crippen LogP contribution in [0.3, 0.4) is 0 Å². The van der Waals surface area contributed by atoms with Gasteiger partial charge in [-0.05, 0) is 6.92 Å². The Morgan fingerprint density at radius 1 is 1.00 bits per heavy atom. The van der Waals surface area contributed by atoms with E-state index in [0.29, 0.717) is 0 Å². The molecule has 0 aliphatic heterocycles. The van der Waals surface area contributed by atoms with Gasteiger partial charge in [0.15, 0.2) is 0 Å². The van der Waals surface area contributed by atoms with Crippen molar-refractivity contribution in [2.24, 2.45) is 0 Å². The normalized spacial score (nSPS) is 7.62. The van der Waals surface area contributed by atoms with Gasteiger partial charge in [0.1, 0.15) is 0 Å². The molecule has 0 saturated carbocycles. The van der Waals surface area contributed by atoms with Crippen LogP contribution < -0.4 is 0 Å². The molecule has 0 fully saturated rings. The Bertz CT molecular complexity index is 134. The molecule has 0 amide bonds. The number of benzene rings is 1. The maximum Gasteiger partial charge on any atom is -0.0398 e. The monoisotopic (exact) mass is 220 g/mol. The van der Waals surface area contributed by atoms with E-state index in [1.54, 1.807) is 0 Å². The maximum atomic E-state index is 2.08. The number of rotatable bonds is 0. The molecule has 1 aromatic carbocycles. The molecule has 0 spiro atoms. The molecule has 0 atom stereocenters. The molecule has 0 nitrogen and oxygen atoms in total. The molecule has 1 aromatic rings. The first-order valence-corrected chi connectivity index (χ1v) is 2.41. The van der Waals surface area contributed by atoms with E-state index in [0.717, 1.165) is 0 Å². The van der Waals surface area contributed by atoms with Crippen molar-refractivity contribution in [2.45, 2.75) is 6.92 Å². The third kappa shape index (κ3) is 2.31. The second-order valence-electron chi connectivity index (χ2n) is 1.65. The van der Waals surface area contributed by atoms with E-state index in [-0.39, 0.29) is 24.0 Å². The van der Waals surface area contributed by atoms with Gasteiger partial charge in [0, 0.05) is 0 Å². The Labute approximate surface area is 66.9 Å². The molecule has 0 bridgehead atoms. The van der Waals surface area contributed by atoms with Crippen molar-refractivity contribution in [3.63, 3.8) is 0 Å². The Morgan fingerprint density at radius 3 is 1.75 bits per heavy atom. The second-order valence-corrected chi connectivity index (χ2v) is 1.65. The number of hydrogen-bond donors (Lipinski definition) is 0. The lowest BCUT2D eigenvalue weighted by Gasteiger charge is -1.82. The summed E-state index contributed by atoms with van der Waals surface area (Å²) >= 11 is 0. The first-order valence-electron chi connectivity index (χ1n) is 2.41. The fourth-order valence-electron chi connectivity index (χ4n) is 0.534. The molecule has 0 radical (unpaired) electrons. The molecular formula is C7H9I. The van der Waals surface area contributed by atoms with Crippen molar-refractivity contribution in [1.82, 2.24) is 0 Å². The third-order valence-corrected chi connectivity index (χ3v) is 0.940. The van der Waals surface area contributed by atoms with Gasteiger partial charge in [0.2, 0.25) is 0 Å². The van der Waals surface area contributed by atoms with E-state index < -0.39 is 0 Å². The molecule has 1 rings (SSSR count). The minimum Gasteiger partial charge on any atom is -0.107 e. The first-order chi connectivity index (χ1) is 3.39. The van der Waals surface area contributed by atoms with Crippen LogP contribution in [0.4, 0.5) is 0 Å². The van der Waals surface area contributed by atoms with Gasteiger partial charge in [0.25, 0.3) is 0 Å². The van der Waals surface area contributed by atoms with Crippen molar-refractivity contribution >= 4 is 24.0 Å². The van der Waals surface area contributed by atoms with E-state index in [4.69, 9.17) is 0 Å². The topological polar surface area (TPSA) is 0 Å². The van der Waals surface area contributed by atoms with E-state index >= 15 is 0 Å². The largest absolute Gasteiger partial charge is 0.107 e. The minimum atomic E-state index is 0. The minimum absolute atomic E-state index is 0. The van der Waals surface area contributed by atoms with Gasteiger partial charge in [-0.25, -0.2) is 0 Å². The summed E-state index contributed by atoms with van der Waals surface area (Å²) in [5.41, 5.74) is 1.32. The summed E-state index contributed by atoms with van der Waals surface area (Å²) in [6.45, 7) is 2.08. The van der Waals surface area contributed by atoms with Crippen molar-refractivity contribution in [2.75, 3.05) is 0 Å². The van der Waals surface area contributed by atoms with Gasteiger partial charge < -0.3 is 0 Å². The smallest absolute Gasteiger partial charge is 0.0398 e. The Morgan fingerprint density at radius 2 is 1.50 bits per heavy atom. The SMILES string of the molecule is Cc1ccccc1.I. The fraction of sp³-hybridized carbons (Fsp3) is 0.143. The van der Waals surface area contributed by atoms with Crippen LogP contribution in [0.2, 0.25) is 0 Å². The quantitative estimate of drug-likeness (QED) is 0.589. The van der Waals surface area contributed by atoms with Crippen LogP contribution in [-0.4, -0.2) is 0 Å². The standard InChI is InChI=1S/C7H8.HI/c1-7-5-3-2-4-6-7;/h2-6H,1H3;1H. The zero-order chi connectivity index (χ0) is 5.11. The van der Waals surface area contributed by atoms with E-state index in [1.807, 2.05) is 18.2 Å². The summed E-state index contributed by atoms with van der Waals surface area (Å²) in [5.74, 6) is 0. The van der Waals surface area contributed by atoms with Gasteiger partial charge >= 0.3 is 0 Å². The summed E-state index contributed by atoms with van der Waals surface area (Å²) in [6, 6.07) is 10.3. The van der Waals surface area contributed by atoms with Crippen molar-refractivity contribution in [3.05, 3.63) is 35.9 Å². The van der Waals surface area contributed by atoms with Crippen LogP contribution in [0.5, 0.6) is 0 Å². The lowest BCUT2D eigenvalue weighted by Crippen LogP contribution is -1.62. The highest BCUT2D eigenvalue weighted by atomic mass is 127. The molecule has 0 unspecified atom stereocenters. The van der Waals surface area contributed by atoms with Gasteiger partial charge in [-0.15, -0.1) is 24.0 Å². The fourth-order valence-corrected chi connectivity index (χ4v) is 0.534.